The summed E-state index contributed by atoms with van der Waals surface area (Å²) in [6, 6.07) is 11.7. The van der Waals surface area contributed by atoms with Crippen molar-refractivity contribution in [2.75, 3.05) is 0 Å². The van der Waals surface area contributed by atoms with Gasteiger partial charge in [0.1, 0.15) is 0 Å². The molecule has 1 aromatic rings. The van der Waals surface area contributed by atoms with Gasteiger partial charge in [0.05, 0.1) is 6.07 Å². The monoisotopic (exact) mass is 365 g/mol. The molecule has 0 spiro atoms. The molecule has 1 rings (SSSR count). The molecule has 0 aromatic heterocycles. The summed E-state index contributed by atoms with van der Waals surface area (Å²) in [5.41, 5.74) is 1.17. The summed E-state index contributed by atoms with van der Waals surface area (Å²) in [6.07, 6.45) is 3.01. The zero-order valence-electron chi connectivity index (χ0n) is 7.40. The first-order chi connectivity index (χ1) is 5.85. The maximum absolute atomic E-state index is 7.51. The molecule has 1 aromatic carbocycles. The van der Waals surface area contributed by atoms with Gasteiger partial charge in [-0.2, -0.15) is 5.26 Å². The van der Waals surface area contributed by atoms with Crippen LogP contribution in [0.3, 0.4) is 0 Å². The van der Waals surface area contributed by atoms with Crippen molar-refractivity contribution in [3.8, 4) is 6.07 Å². The Morgan fingerprint density at radius 1 is 1.15 bits per heavy atom. The number of hydrogen-bond acceptors (Lipinski definition) is 1. The minimum absolute atomic E-state index is 0. The maximum atomic E-state index is 7.51. The molecule has 0 bridgehead atoms. The van der Waals surface area contributed by atoms with Gasteiger partial charge in [-0.3, -0.25) is 0 Å². The van der Waals surface area contributed by atoms with Crippen LogP contribution in [0.5, 0.6) is 0 Å². The first-order valence-electron chi connectivity index (χ1n) is 3.53. The summed E-state index contributed by atoms with van der Waals surface area (Å²) in [7, 11) is 0. The quantitative estimate of drug-likeness (QED) is 0.555. The summed E-state index contributed by atoms with van der Waals surface area (Å²) in [4.78, 5) is 0. The molecule has 13 heavy (non-hydrogen) atoms. The van der Waals surface area contributed by atoms with Gasteiger partial charge in [0.2, 0.25) is 0 Å². The Bertz CT molecular complexity index is 272. The predicted molar refractivity (Wildman–Crippen MR) is 58.1 cm³/mol. The van der Waals surface area contributed by atoms with E-state index in [0.29, 0.717) is 0 Å². The van der Waals surface area contributed by atoms with E-state index in [-0.39, 0.29) is 27.3 Å². The van der Waals surface area contributed by atoms with Crippen LogP contribution in [0.1, 0.15) is 5.56 Å². The molecule has 0 amide bonds. The molecular weight excluding hydrogens is 353 g/mol. The molecular formula is C11H11NPb. The minimum atomic E-state index is 0. The van der Waals surface area contributed by atoms with E-state index < -0.39 is 0 Å². The van der Waals surface area contributed by atoms with E-state index in [4.69, 9.17) is 5.26 Å². The van der Waals surface area contributed by atoms with Gasteiger partial charge in [-0.05, 0) is 5.56 Å². The standard InChI is InChI=1S/C8H8.C3H3N.Pb/c1-2-8-6-4-3-5-7-8;1-2-3-4;/h2-7H,1H2;2H,1H2;. The van der Waals surface area contributed by atoms with Crippen molar-refractivity contribution in [1.29, 1.82) is 5.26 Å². The molecule has 0 saturated heterocycles. The van der Waals surface area contributed by atoms with Crippen molar-refractivity contribution in [2.24, 2.45) is 0 Å². The summed E-state index contributed by atoms with van der Waals surface area (Å²) in [5, 5.41) is 7.51. The van der Waals surface area contributed by atoms with E-state index in [9.17, 15) is 0 Å². The van der Waals surface area contributed by atoms with Crippen LogP contribution in [0.25, 0.3) is 6.08 Å². The molecule has 0 unspecified atom stereocenters. The van der Waals surface area contributed by atoms with E-state index >= 15 is 0 Å². The fourth-order valence-corrected chi connectivity index (χ4v) is 0.589. The van der Waals surface area contributed by atoms with Gasteiger partial charge >= 0.3 is 0 Å². The Morgan fingerprint density at radius 2 is 1.62 bits per heavy atom. The van der Waals surface area contributed by atoms with Gasteiger partial charge in [-0.25, -0.2) is 0 Å². The van der Waals surface area contributed by atoms with Crippen LogP contribution in [0.15, 0.2) is 49.6 Å². The van der Waals surface area contributed by atoms with Crippen LogP contribution >= 0.6 is 0 Å². The van der Waals surface area contributed by atoms with Crippen molar-refractivity contribution in [3.05, 3.63) is 55.1 Å². The third-order valence-corrected chi connectivity index (χ3v) is 1.13. The Morgan fingerprint density at radius 3 is 1.85 bits per heavy atom. The van der Waals surface area contributed by atoms with E-state index in [1.807, 2.05) is 36.4 Å². The molecule has 1 nitrogen and oxygen atoms in total. The molecule has 0 aliphatic heterocycles. The molecule has 0 aliphatic rings. The fourth-order valence-electron chi connectivity index (χ4n) is 0.589. The van der Waals surface area contributed by atoms with Crippen molar-refractivity contribution in [3.63, 3.8) is 0 Å². The SMILES string of the molecule is C=CC#N.C=Cc1ccccc1.[Pb]. The van der Waals surface area contributed by atoms with Crippen molar-refractivity contribution >= 4 is 33.4 Å². The van der Waals surface area contributed by atoms with Crippen molar-refractivity contribution < 1.29 is 0 Å². The van der Waals surface area contributed by atoms with Crippen molar-refractivity contribution in [1.82, 2.24) is 0 Å². The predicted octanol–water partition coefficient (Wildman–Crippen LogP) is 2.64. The summed E-state index contributed by atoms with van der Waals surface area (Å²) >= 11 is 0. The zero-order chi connectivity index (χ0) is 9.23. The average molecular weight is 364 g/mol. The second kappa shape index (κ2) is 11.1. The van der Waals surface area contributed by atoms with Crippen LogP contribution in [-0.2, 0) is 0 Å². The average Bonchev–Trinajstić information content (AvgIpc) is 2.19. The van der Waals surface area contributed by atoms with Crippen LogP contribution in [0.4, 0.5) is 0 Å². The number of allylic oxidation sites excluding steroid dienone is 1. The Balaban J connectivity index is 0. The number of nitrogens with zero attached hydrogens (tertiary/aromatic N) is 1. The second-order valence-corrected chi connectivity index (χ2v) is 1.95. The fraction of sp³-hybridized carbons (Fsp3) is 0. The largest absolute Gasteiger partial charge is 0.193 e. The topological polar surface area (TPSA) is 23.8 Å². The molecule has 0 saturated carbocycles. The minimum Gasteiger partial charge on any atom is -0.193 e. The summed E-state index contributed by atoms with van der Waals surface area (Å²) < 4.78 is 0. The molecule has 0 heterocycles. The smallest absolute Gasteiger partial charge is 0.0905 e. The molecule has 0 fully saturated rings. The molecule has 2 heteroatoms. The molecule has 64 valence electrons. The van der Waals surface area contributed by atoms with Gasteiger partial charge in [0.25, 0.3) is 0 Å². The Labute approximate surface area is 99.6 Å². The number of benzene rings is 1. The number of rotatable bonds is 1. The summed E-state index contributed by atoms with van der Waals surface area (Å²) in [6.45, 7) is 6.75. The van der Waals surface area contributed by atoms with E-state index in [0.717, 1.165) is 0 Å². The molecule has 0 N–H and O–H groups in total. The maximum Gasteiger partial charge on any atom is 0.0905 e. The van der Waals surface area contributed by atoms with Gasteiger partial charge in [0.15, 0.2) is 0 Å². The first kappa shape index (κ1) is 14.6. The first-order valence-corrected chi connectivity index (χ1v) is 3.53. The van der Waals surface area contributed by atoms with E-state index in [2.05, 4.69) is 13.2 Å². The Kier molecular flexibility index (Phi) is 12.5. The van der Waals surface area contributed by atoms with E-state index in [1.54, 1.807) is 6.07 Å². The zero-order valence-corrected chi connectivity index (χ0v) is 11.3. The third kappa shape index (κ3) is 9.02. The normalized spacial score (nSPS) is 6.38. The van der Waals surface area contributed by atoms with Gasteiger partial charge in [-0.1, -0.05) is 49.6 Å². The van der Waals surface area contributed by atoms with Crippen molar-refractivity contribution in [2.45, 2.75) is 0 Å². The number of hydrogen-bond donors (Lipinski definition) is 0. The van der Waals surface area contributed by atoms with Gasteiger partial charge in [0, 0.05) is 33.4 Å². The molecule has 4 radical (unpaired) electrons. The van der Waals surface area contributed by atoms with Crippen LogP contribution < -0.4 is 0 Å². The Hall–Kier alpha value is -0.888. The number of nitriles is 1. The van der Waals surface area contributed by atoms with E-state index in [1.165, 1.54) is 11.6 Å². The van der Waals surface area contributed by atoms with Crippen LogP contribution in [-0.4, -0.2) is 27.3 Å². The third-order valence-electron chi connectivity index (χ3n) is 1.13. The van der Waals surface area contributed by atoms with Gasteiger partial charge in [-0.15, -0.1) is 0 Å². The van der Waals surface area contributed by atoms with Crippen LogP contribution in [0, 0.1) is 11.3 Å². The van der Waals surface area contributed by atoms with Crippen LogP contribution in [0.2, 0.25) is 0 Å². The molecule has 0 atom stereocenters. The second-order valence-electron chi connectivity index (χ2n) is 1.95. The molecule has 0 aliphatic carbocycles. The van der Waals surface area contributed by atoms with Gasteiger partial charge < -0.3 is 0 Å². The summed E-state index contributed by atoms with van der Waals surface area (Å²) in [5.74, 6) is 0.